The number of imidazole rings is 1. The van der Waals surface area contributed by atoms with Gasteiger partial charge in [0.1, 0.15) is 19.0 Å². The summed E-state index contributed by atoms with van der Waals surface area (Å²) in [6, 6.07) is 7.32. The monoisotopic (exact) mass is 415 g/mol. The van der Waals surface area contributed by atoms with E-state index < -0.39 is 6.10 Å². The van der Waals surface area contributed by atoms with Gasteiger partial charge >= 0.3 is 0 Å². The second kappa shape index (κ2) is 8.71. The molecule has 162 valence electrons. The first-order chi connectivity index (χ1) is 14.5. The van der Waals surface area contributed by atoms with Crippen LogP contribution in [0.5, 0.6) is 0 Å². The number of hydrogen-bond acceptors (Lipinski definition) is 6. The van der Waals surface area contributed by atoms with Gasteiger partial charge in [0, 0.05) is 33.3 Å². The predicted octanol–water partition coefficient (Wildman–Crippen LogP) is -0.0352. The third-order valence-corrected chi connectivity index (χ3v) is 6.27. The van der Waals surface area contributed by atoms with Gasteiger partial charge in [-0.2, -0.15) is 0 Å². The van der Waals surface area contributed by atoms with Crippen LogP contribution in [0.25, 0.3) is 11.0 Å². The number of para-hydroxylation sites is 2. The molecule has 1 saturated heterocycles. The fourth-order valence-corrected chi connectivity index (χ4v) is 4.68. The summed E-state index contributed by atoms with van der Waals surface area (Å²) in [6.07, 6.45) is 0.796. The highest BCUT2D eigenvalue weighted by atomic mass is 16.5. The number of aromatic nitrogens is 2. The van der Waals surface area contributed by atoms with Crippen LogP contribution in [-0.4, -0.2) is 88.3 Å². The van der Waals surface area contributed by atoms with Gasteiger partial charge in [-0.05, 0) is 25.0 Å². The average Bonchev–Trinajstić information content (AvgIpc) is 3.28. The van der Waals surface area contributed by atoms with Crippen molar-refractivity contribution in [3.05, 3.63) is 30.1 Å². The third-order valence-electron chi connectivity index (χ3n) is 6.27. The number of likely N-dealkylation sites (N-methyl/N-ethyl adjacent to an activating group) is 1. The number of nitrogens with one attached hydrogen (secondary N) is 1. The molecule has 0 bridgehead atoms. The molecule has 0 unspecified atom stereocenters. The molecule has 1 saturated carbocycles. The molecule has 1 aliphatic heterocycles. The Balaban J connectivity index is 1.47. The summed E-state index contributed by atoms with van der Waals surface area (Å²) in [5.74, 6) is 0.597. The number of aliphatic hydroxyl groups is 1. The van der Waals surface area contributed by atoms with Crippen LogP contribution in [0.15, 0.2) is 24.3 Å². The summed E-state index contributed by atoms with van der Waals surface area (Å²) in [7, 11) is 3.35. The number of carbonyl (C=O) groups excluding carboxylic acids is 2. The van der Waals surface area contributed by atoms with E-state index in [0.717, 1.165) is 24.0 Å². The number of hydrogen-bond donors (Lipinski definition) is 2. The number of ether oxygens (including phenoxy) is 1. The number of methoxy groups -OCH3 is 1. The highest BCUT2D eigenvalue weighted by molar-refractivity contribution is 5.81. The summed E-state index contributed by atoms with van der Waals surface area (Å²) in [5.41, 5.74) is 1.71. The fraction of sp³-hybridized carbons (Fsp3) is 0.571. The van der Waals surface area contributed by atoms with Crippen LogP contribution in [0.2, 0.25) is 0 Å². The molecule has 2 fully saturated rings. The first kappa shape index (κ1) is 20.8. The number of piperazine rings is 1. The van der Waals surface area contributed by atoms with E-state index in [9.17, 15) is 14.7 Å². The van der Waals surface area contributed by atoms with Crippen molar-refractivity contribution in [1.82, 2.24) is 24.7 Å². The quantitative estimate of drug-likeness (QED) is 0.687. The number of aliphatic hydroxyl groups excluding tert-OH is 1. The normalized spacial score (nSPS) is 24.9. The predicted molar refractivity (Wildman–Crippen MR) is 111 cm³/mol. The van der Waals surface area contributed by atoms with Crippen LogP contribution in [0.4, 0.5) is 0 Å². The lowest BCUT2D eigenvalue weighted by Gasteiger charge is -2.36. The van der Waals surface area contributed by atoms with Gasteiger partial charge in [-0.15, -0.1) is 0 Å². The van der Waals surface area contributed by atoms with Crippen molar-refractivity contribution < 1.29 is 19.4 Å². The minimum absolute atomic E-state index is 0.0148. The lowest BCUT2D eigenvalue weighted by molar-refractivity contribution is -0.135. The molecule has 1 aromatic heterocycles. The van der Waals surface area contributed by atoms with Gasteiger partial charge in [-0.1, -0.05) is 12.1 Å². The lowest BCUT2D eigenvalue weighted by Crippen LogP contribution is -2.56. The molecule has 2 heterocycles. The van der Waals surface area contributed by atoms with E-state index in [1.807, 2.05) is 33.7 Å². The molecule has 1 aromatic carbocycles. The maximum absolute atomic E-state index is 13.1. The topological polar surface area (TPSA) is 99.9 Å². The molecule has 9 nitrogen and oxygen atoms in total. The molecule has 2 aromatic rings. The van der Waals surface area contributed by atoms with E-state index in [0.29, 0.717) is 31.9 Å². The number of carbonyl (C=O) groups is 2. The van der Waals surface area contributed by atoms with E-state index in [1.54, 1.807) is 19.1 Å². The van der Waals surface area contributed by atoms with E-state index >= 15 is 0 Å². The van der Waals surface area contributed by atoms with Crippen molar-refractivity contribution in [3.8, 4) is 0 Å². The Hall–Kier alpha value is -2.49. The van der Waals surface area contributed by atoms with E-state index in [-0.39, 0.29) is 30.4 Å². The molecule has 0 spiro atoms. The van der Waals surface area contributed by atoms with Gasteiger partial charge < -0.3 is 24.6 Å². The van der Waals surface area contributed by atoms with Gasteiger partial charge in [0.15, 0.2) is 0 Å². The van der Waals surface area contributed by atoms with E-state index in [2.05, 4.69) is 10.3 Å². The standard InChI is InChI=1S/C21H29N5O4/c1-24(16-7-8-17(21(16)29)25-10-9-22-19(27)11-25)20(28)12-26-15-6-4-3-5-14(15)23-18(26)13-30-2/h3-6,16-17,21,29H,7-13H2,1-2H3,(H,22,27)/t16-,17-,21-/m1/s1. The van der Waals surface area contributed by atoms with Crippen molar-refractivity contribution in [1.29, 1.82) is 0 Å². The molecule has 30 heavy (non-hydrogen) atoms. The van der Waals surface area contributed by atoms with E-state index in [4.69, 9.17) is 4.74 Å². The van der Waals surface area contributed by atoms with Gasteiger partial charge in [0.2, 0.25) is 11.8 Å². The molecule has 2 amide bonds. The highest BCUT2D eigenvalue weighted by Crippen LogP contribution is 2.29. The summed E-state index contributed by atoms with van der Waals surface area (Å²) in [5, 5.41) is 13.7. The molecule has 1 aliphatic carbocycles. The first-order valence-electron chi connectivity index (χ1n) is 10.4. The molecule has 2 aliphatic rings. The number of rotatable bonds is 6. The van der Waals surface area contributed by atoms with Crippen LogP contribution in [0.1, 0.15) is 18.7 Å². The minimum Gasteiger partial charge on any atom is -0.389 e. The van der Waals surface area contributed by atoms with Crippen LogP contribution < -0.4 is 5.32 Å². The Kier molecular flexibility index (Phi) is 6.03. The summed E-state index contributed by atoms with van der Waals surface area (Å²) in [6.45, 7) is 2.07. The van der Waals surface area contributed by atoms with Crippen molar-refractivity contribution in [2.75, 3.05) is 33.8 Å². The van der Waals surface area contributed by atoms with Crippen LogP contribution >= 0.6 is 0 Å². The zero-order valence-electron chi connectivity index (χ0n) is 17.5. The van der Waals surface area contributed by atoms with Crippen molar-refractivity contribution in [2.45, 2.75) is 44.2 Å². The number of fused-ring (bicyclic) bond motifs is 1. The number of benzene rings is 1. The minimum atomic E-state index is -0.678. The number of amides is 2. The summed E-state index contributed by atoms with van der Waals surface area (Å²) < 4.78 is 7.14. The number of nitrogens with zero attached hydrogens (tertiary/aromatic N) is 4. The second-order valence-corrected chi connectivity index (χ2v) is 8.06. The van der Waals surface area contributed by atoms with Crippen molar-refractivity contribution >= 4 is 22.8 Å². The Bertz CT molecular complexity index is 929. The van der Waals surface area contributed by atoms with Gasteiger partial charge in [0.25, 0.3) is 0 Å². The lowest BCUT2D eigenvalue weighted by atomic mass is 10.1. The van der Waals surface area contributed by atoms with Crippen molar-refractivity contribution in [3.63, 3.8) is 0 Å². The van der Waals surface area contributed by atoms with Crippen LogP contribution in [-0.2, 0) is 27.5 Å². The SMILES string of the molecule is COCc1nc2ccccc2n1CC(=O)N(C)[C@@H]1CC[C@@H](N2CCNC(=O)C2)[C@@H]1O. The van der Waals surface area contributed by atoms with Gasteiger partial charge in [-0.3, -0.25) is 14.5 Å². The maximum atomic E-state index is 13.1. The Morgan fingerprint density at radius 1 is 1.37 bits per heavy atom. The molecular formula is C21H29N5O4. The fourth-order valence-electron chi connectivity index (χ4n) is 4.68. The Labute approximate surface area is 175 Å². The molecule has 3 atom stereocenters. The smallest absolute Gasteiger partial charge is 0.242 e. The first-order valence-corrected chi connectivity index (χ1v) is 10.4. The summed E-state index contributed by atoms with van der Waals surface area (Å²) >= 11 is 0. The molecule has 9 heteroatoms. The zero-order valence-corrected chi connectivity index (χ0v) is 17.5. The van der Waals surface area contributed by atoms with Gasteiger partial charge in [-0.25, -0.2) is 4.98 Å². The molecule has 4 rings (SSSR count). The summed E-state index contributed by atoms with van der Waals surface area (Å²) in [4.78, 5) is 33.1. The van der Waals surface area contributed by atoms with E-state index in [1.165, 1.54) is 0 Å². The van der Waals surface area contributed by atoms with Gasteiger partial charge in [0.05, 0.1) is 29.7 Å². The zero-order chi connectivity index (χ0) is 21.3. The Morgan fingerprint density at radius 2 is 2.17 bits per heavy atom. The molecular weight excluding hydrogens is 386 g/mol. The van der Waals surface area contributed by atoms with Crippen molar-refractivity contribution in [2.24, 2.45) is 0 Å². The second-order valence-electron chi connectivity index (χ2n) is 8.06. The maximum Gasteiger partial charge on any atom is 0.242 e. The molecule has 0 radical (unpaired) electrons. The Morgan fingerprint density at radius 3 is 2.93 bits per heavy atom. The van der Waals surface area contributed by atoms with Crippen LogP contribution in [0, 0.1) is 0 Å². The highest BCUT2D eigenvalue weighted by Gasteiger charge is 2.42. The molecule has 2 N–H and O–H groups in total. The third kappa shape index (κ3) is 3.92. The van der Waals surface area contributed by atoms with Crippen LogP contribution in [0.3, 0.4) is 0 Å². The average molecular weight is 415 g/mol. The largest absolute Gasteiger partial charge is 0.389 e.